The van der Waals surface area contributed by atoms with Gasteiger partial charge in [-0.1, -0.05) is 12.1 Å². The van der Waals surface area contributed by atoms with Crippen molar-refractivity contribution in [3.8, 4) is 0 Å². The highest BCUT2D eigenvalue weighted by molar-refractivity contribution is 5.19. The molecule has 2 rings (SSSR count). The van der Waals surface area contributed by atoms with E-state index in [4.69, 9.17) is 0 Å². The van der Waals surface area contributed by atoms with Crippen LogP contribution < -0.4 is 5.32 Å². The Kier molecular flexibility index (Phi) is 4.94. The fourth-order valence-corrected chi connectivity index (χ4v) is 2.74. The van der Waals surface area contributed by atoms with E-state index in [-0.39, 0.29) is 11.9 Å². The summed E-state index contributed by atoms with van der Waals surface area (Å²) in [5, 5.41) is 3.53. The Morgan fingerprint density at radius 3 is 2.79 bits per heavy atom. The summed E-state index contributed by atoms with van der Waals surface area (Å²) in [6.07, 6.45) is 1.26. The molecule has 19 heavy (non-hydrogen) atoms. The third-order valence-corrected chi connectivity index (χ3v) is 4.11. The smallest absolute Gasteiger partial charge is 0.123 e. The first-order valence-electron chi connectivity index (χ1n) is 7.29. The molecule has 0 bridgehead atoms. The van der Waals surface area contributed by atoms with Gasteiger partial charge in [-0.2, -0.15) is 0 Å². The zero-order valence-corrected chi connectivity index (χ0v) is 12.2. The van der Waals surface area contributed by atoms with E-state index in [2.05, 4.69) is 31.0 Å². The zero-order valence-electron chi connectivity index (χ0n) is 12.2. The standard InChI is InChI=1S/C16H25FN2/c1-12(2)19-8-7-14(11-19)10-18-13(3)15-5-4-6-16(17)9-15/h4-6,9,12-14,18H,7-8,10-11H2,1-3H3. The number of nitrogens with one attached hydrogen (secondary N) is 1. The summed E-state index contributed by atoms with van der Waals surface area (Å²) in [6.45, 7) is 10.0. The maximum atomic E-state index is 13.2. The molecule has 2 unspecified atom stereocenters. The second kappa shape index (κ2) is 6.49. The van der Waals surface area contributed by atoms with E-state index in [1.165, 1.54) is 25.6 Å². The average molecular weight is 264 g/mol. The van der Waals surface area contributed by atoms with Crippen molar-refractivity contribution in [2.24, 2.45) is 5.92 Å². The molecule has 0 radical (unpaired) electrons. The van der Waals surface area contributed by atoms with Crippen LogP contribution in [0.25, 0.3) is 0 Å². The van der Waals surface area contributed by atoms with Crippen LogP contribution >= 0.6 is 0 Å². The van der Waals surface area contributed by atoms with Crippen molar-refractivity contribution in [1.82, 2.24) is 10.2 Å². The van der Waals surface area contributed by atoms with Crippen molar-refractivity contribution >= 4 is 0 Å². The molecule has 1 aliphatic heterocycles. The van der Waals surface area contributed by atoms with Gasteiger partial charge in [-0.3, -0.25) is 0 Å². The van der Waals surface area contributed by atoms with Crippen LogP contribution in [0.2, 0.25) is 0 Å². The minimum Gasteiger partial charge on any atom is -0.310 e. The van der Waals surface area contributed by atoms with Crippen LogP contribution in [-0.2, 0) is 0 Å². The number of hydrogen-bond donors (Lipinski definition) is 1. The molecule has 1 aliphatic rings. The van der Waals surface area contributed by atoms with E-state index in [0.717, 1.165) is 18.0 Å². The third-order valence-electron chi connectivity index (χ3n) is 4.11. The lowest BCUT2D eigenvalue weighted by atomic mass is 10.1. The van der Waals surface area contributed by atoms with Gasteiger partial charge in [0.15, 0.2) is 0 Å². The summed E-state index contributed by atoms with van der Waals surface area (Å²) in [7, 11) is 0. The molecule has 0 aliphatic carbocycles. The summed E-state index contributed by atoms with van der Waals surface area (Å²) in [5.74, 6) is 0.566. The van der Waals surface area contributed by atoms with E-state index < -0.39 is 0 Å². The highest BCUT2D eigenvalue weighted by Crippen LogP contribution is 2.19. The van der Waals surface area contributed by atoms with Gasteiger partial charge in [0.1, 0.15) is 5.82 Å². The molecular weight excluding hydrogens is 239 g/mol. The predicted octanol–water partition coefficient (Wildman–Crippen LogP) is 3.21. The van der Waals surface area contributed by atoms with Gasteiger partial charge >= 0.3 is 0 Å². The molecular formula is C16H25FN2. The van der Waals surface area contributed by atoms with E-state index in [1.54, 1.807) is 12.1 Å². The molecule has 1 aromatic carbocycles. The first-order valence-corrected chi connectivity index (χ1v) is 7.29. The number of benzene rings is 1. The fraction of sp³-hybridized carbons (Fsp3) is 0.625. The topological polar surface area (TPSA) is 15.3 Å². The molecule has 2 nitrogen and oxygen atoms in total. The van der Waals surface area contributed by atoms with E-state index >= 15 is 0 Å². The van der Waals surface area contributed by atoms with E-state index in [0.29, 0.717) is 6.04 Å². The number of rotatable bonds is 5. The fourth-order valence-electron chi connectivity index (χ4n) is 2.74. The first-order chi connectivity index (χ1) is 9.06. The van der Waals surface area contributed by atoms with Gasteiger partial charge in [0.25, 0.3) is 0 Å². The van der Waals surface area contributed by atoms with Crippen LogP contribution in [-0.4, -0.2) is 30.6 Å². The second-order valence-electron chi connectivity index (χ2n) is 5.93. The van der Waals surface area contributed by atoms with Crippen LogP contribution in [0.1, 0.15) is 38.8 Å². The quantitative estimate of drug-likeness (QED) is 0.878. The maximum Gasteiger partial charge on any atom is 0.123 e. The van der Waals surface area contributed by atoms with Crippen molar-refractivity contribution in [2.45, 2.75) is 39.3 Å². The molecule has 1 aromatic rings. The molecule has 1 heterocycles. The van der Waals surface area contributed by atoms with Crippen molar-refractivity contribution < 1.29 is 4.39 Å². The van der Waals surface area contributed by atoms with Crippen molar-refractivity contribution in [1.29, 1.82) is 0 Å². The van der Waals surface area contributed by atoms with Crippen LogP contribution in [0.3, 0.4) is 0 Å². The van der Waals surface area contributed by atoms with Gasteiger partial charge in [-0.15, -0.1) is 0 Å². The molecule has 0 saturated carbocycles. The van der Waals surface area contributed by atoms with Crippen LogP contribution in [0.5, 0.6) is 0 Å². The monoisotopic (exact) mass is 264 g/mol. The number of likely N-dealkylation sites (tertiary alicyclic amines) is 1. The first kappa shape index (κ1) is 14.5. The molecule has 106 valence electrons. The number of nitrogens with zero attached hydrogens (tertiary/aromatic N) is 1. The Balaban J connectivity index is 1.80. The van der Waals surface area contributed by atoms with Crippen molar-refractivity contribution in [2.75, 3.05) is 19.6 Å². The third kappa shape index (κ3) is 4.02. The molecule has 1 fully saturated rings. The number of hydrogen-bond acceptors (Lipinski definition) is 2. The van der Waals surface area contributed by atoms with Gasteiger partial charge in [0.05, 0.1) is 0 Å². The molecule has 2 atom stereocenters. The van der Waals surface area contributed by atoms with Gasteiger partial charge in [-0.25, -0.2) is 4.39 Å². The molecule has 0 amide bonds. The van der Waals surface area contributed by atoms with Crippen molar-refractivity contribution in [3.63, 3.8) is 0 Å². The Bertz CT molecular complexity index is 405. The zero-order chi connectivity index (χ0) is 13.8. The summed E-state index contributed by atoms with van der Waals surface area (Å²) < 4.78 is 13.2. The summed E-state index contributed by atoms with van der Waals surface area (Å²) >= 11 is 0. The van der Waals surface area contributed by atoms with Gasteiger partial charge < -0.3 is 10.2 Å². The summed E-state index contributed by atoms with van der Waals surface area (Å²) in [4.78, 5) is 2.53. The van der Waals surface area contributed by atoms with Crippen LogP contribution in [0.15, 0.2) is 24.3 Å². The van der Waals surface area contributed by atoms with Crippen LogP contribution in [0.4, 0.5) is 4.39 Å². The Hall–Kier alpha value is -0.930. The Morgan fingerprint density at radius 1 is 1.37 bits per heavy atom. The minimum absolute atomic E-state index is 0.155. The molecule has 3 heteroatoms. The normalized spacial score (nSPS) is 22.1. The van der Waals surface area contributed by atoms with E-state index in [1.807, 2.05) is 6.07 Å². The maximum absolute atomic E-state index is 13.2. The highest BCUT2D eigenvalue weighted by Gasteiger charge is 2.24. The second-order valence-corrected chi connectivity index (χ2v) is 5.93. The summed E-state index contributed by atoms with van der Waals surface area (Å²) in [5.41, 5.74) is 1.03. The molecule has 0 aromatic heterocycles. The largest absolute Gasteiger partial charge is 0.310 e. The van der Waals surface area contributed by atoms with E-state index in [9.17, 15) is 4.39 Å². The SMILES string of the molecule is CC(NCC1CCN(C(C)C)C1)c1cccc(F)c1. The van der Waals surface area contributed by atoms with Gasteiger partial charge in [0, 0.05) is 18.6 Å². The number of halogens is 1. The Morgan fingerprint density at radius 2 is 2.16 bits per heavy atom. The lowest BCUT2D eigenvalue weighted by molar-refractivity contribution is 0.263. The minimum atomic E-state index is -0.155. The van der Waals surface area contributed by atoms with Crippen LogP contribution in [0, 0.1) is 11.7 Å². The molecule has 0 spiro atoms. The Labute approximate surface area is 116 Å². The van der Waals surface area contributed by atoms with Gasteiger partial charge in [0.2, 0.25) is 0 Å². The summed E-state index contributed by atoms with van der Waals surface area (Å²) in [6, 6.07) is 7.73. The average Bonchev–Trinajstić information content (AvgIpc) is 2.85. The highest BCUT2D eigenvalue weighted by atomic mass is 19.1. The molecule has 1 saturated heterocycles. The van der Waals surface area contributed by atoms with Crippen molar-refractivity contribution in [3.05, 3.63) is 35.6 Å². The lowest BCUT2D eigenvalue weighted by Crippen LogP contribution is -2.31. The predicted molar refractivity (Wildman–Crippen MR) is 77.6 cm³/mol. The van der Waals surface area contributed by atoms with Gasteiger partial charge in [-0.05, 0) is 63.9 Å². The molecule has 1 N–H and O–H groups in total. The lowest BCUT2D eigenvalue weighted by Gasteiger charge is -2.21.